The second-order valence-electron chi connectivity index (χ2n) is 8.83. The number of hydrogen-bond donors (Lipinski definition) is 1. The smallest absolute Gasteiger partial charge is 0.209 e. The van der Waals surface area contributed by atoms with E-state index < -0.39 is 0 Å². The minimum atomic E-state index is -0.205. The highest BCUT2D eigenvalue weighted by atomic mass is 16.5. The molecule has 34 heavy (non-hydrogen) atoms. The lowest BCUT2D eigenvalue weighted by molar-refractivity contribution is -0.116. The summed E-state index contributed by atoms with van der Waals surface area (Å²) in [5.74, 6) is 1.91. The minimum absolute atomic E-state index is 0.124. The standard InChI is InChI=1S/C29H25N3O2/c1-34-22-14-12-20(13-15-22)21-17-24-28(27(33)18-21)26(16-11-19-7-3-2-4-8-19)32-25-10-6-5-9-23(25)30-29(32)31-24/h2-16,21,26H,17-18H2,1H3,(H,30,31)/b16-11+/t21-,26+/m1/s1. The van der Waals surface area contributed by atoms with Crippen molar-refractivity contribution in [3.63, 3.8) is 0 Å². The fourth-order valence-electron chi connectivity index (χ4n) is 5.13. The third kappa shape index (κ3) is 3.50. The first-order valence-electron chi connectivity index (χ1n) is 11.6. The summed E-state index contributed by atoms with van der Waals surface area (Å²) < 4.78 is 7.45. The molecule has 0 saturated heterocycles. The van der Waals surface area contributed by atoms with Gasteiger partial charge in [-0.1, -0.05) is 66.7 Å². The first-order chi connectivity index (χ1) is 16.7. The molecule has 3 aromatic carbocycles. The van der Waals surface area contributed by atoms with E-state index >= 15 is 0 Å². The molecule has 2 atom stereocenters. The van der Waals surface area contributed by atoms with Gasteiger partial charge in [0.1, 0.15) is 5.75 Å². The number of allylic oxidation sites excluding steroid dienone is 3. The number of nitrogens with zero attached hydrogens (tertiary/aromatic N) is 2. The van der Waals surface area contributed by atoms with Crippen molar-refractivity contribution < 1.29 is 9.53 Å². The Kier molecular flexibility index (Phi) is 5.02. The highest BCUT2D eigenvalue weighted by Crippen LogP contribution is 2.44. The second kappa shape index (κ2) is 8.34. The summed E-state index contributed by atoms with van der Waals surface area (Å²) in [6, 6.07) is 26.1. The maximum atomic E-state index is 13.6. The number of rotatable bonds is 4. The van der Waals surface area contributed by atoms with Gasteiger partial charge in [-0.15, -0.1) is 0 Å². The van der Waals surface area contributed by atoms with E-state index in [-0.39, 0.29) is 17.7 Å². The Morgan fingerprint density at radius 1 is 0.971 bits per heavy atom. The van der Waals surface area contributed by atoms with Crippen LogP contribution in [0.25, 0.3) is 17.1 Å². The number of hydrogen-bond acceptors (Lipinski definition) is 4. The van der Waals surface area contributed by atoms with Gasteiger partial charge < -0.3 is 10.1 Å². The minimum Gasteiger partial charge on any atom is -0.497 e. The third-order valence-electron chi connectivity index (χ3n) is 6.80. The quantitative estimate of drug-likeness (QED) is 0.409. The van der Waals surface area contributed by atoms with Gasteiger partial charge in [0, 0.05) is 17.7 Å². The lowest BCUT2D eigenvalue weighted by Crippen LogP contribution is -2.31. The molecule has 0 spiro atoms. The number of carbonyl (C=O) groups is 1. The zero-order valence-corrected chi connectivity index (χ0v) is 18.9. The Labute approximate surface area is 198 Å². The van der Waals surface area contributed by atoms with Crippen LogP contribution in [0.5, 0.6) is 5.75 Å². The lowest BCUT2D eigenvalue weighted by atomic mass is 9.79. The van der Waals surface area contributed by atoms with Crippen molar-refractivity contribution in [1.29, 1.82) is 0 Å². The number of imidazole rings is 1. The molecule has 5 nitrogen and oxygen atoms in total. The van der Waals surface area contributed by atoms with Crippen LogP contribution in [-0.4, -0.2) is 22.4 Å². The van der Waals surface area contributed by atoms with Crippen molar-refractivity contribution in [2.45, 2.75) is 24.8 Å². The highest BCUT2D eigenvalue weighted by molar-refractivity contribution is 6.01. The van der Waals surface area contributed by atoms with Crippen molar-refractivity contribution >= 4 is 28.8 Å². The molecule has 0 saturated carbocycles. The average Bonchev–Trinajstić information content (AvgIpc) is 3.25. The predicted octanol–water partition coefficient (Wildman–Crippen LogP) is 6.13. The SMILES string of the molecule is COc1ccc([C@H]2CC(=O)C3=C(C2)Nc2nc4ccccc4n2[C@H]3/C=C/c2ccccc2)cc1. The van der Waals surface area contributed by atoms with Gasteiger partial charge in [0.15, 0.2) is 5.78 Å². The third-order valence-corrected chi connectivity index (χ3v) is 6.80. The second-order valence-corrected chi connectivity index (χ2v) is 8.83. The van der Waals surface area contributed by atoms with Crippen LogP contribution in [0.1, 0.15) is 35.9 Å². The number of ether oxygens (including phenoxy) is 1. The van der Waals surface area contributed by atoms with Crippen LogP contribution in [0.4, 0.5) is 5.95 Å². The van der Waals surface area contributed by atoms with Gasteiger partial charge in [0.25, 0.3) is 0 Å². The van der Waals surface area contributed by atoms with Crippen LogP contribution >= 0.6 is 0 Å². The van der Waals surface area contributed by atoms with Crippen molar-refractivity contribution in [2.24, 2.45) is 0 Å². The van der Waals surface area contributed by atoms with Gasteiger partial charge in [0.05, 0.1) is 24.2 Å². The van der Waals surface area contributed by atoms with Gasteiger partial charge in [-0.25, -0.2) is 4.98 Å². The maximum absolute atomic E-state index is 13.6. The molecule has 0 amide bonds. The molecule has 2 aliphatic rings. The molecule has 2 heterocycles. The molecule has 4 aromatic rings. The number of methoxy groups -OCH3 is 1. The Bertz CT molecular complexity index is 1430. The summed E-state index contributed by atoms with van der Waals surface area (Å²) in [6.07, 6.45) is 5.49. The van der Waals surface area contributed by atoms with Crippen LogP contribution in [0.15, 0.2) is 96.2 Å². The van der Waals surface area contributed by atoms with Crippen LogP contribution < -0.4 is 10.1 Å². The number of para-hydroxylation sites is 2. The molecule has 1 aliphatic carbocycles. The Morgan fingerprint density at radius 3 is 2.53 bits per heavy atom. The van der Waals surface area contributed by atoms with Crippen molar-refractivity contribution in [3.8, 4) is 5.75 Å². The highest BCUT2D eigenvalue weighted by Gasteiger charge is 2.37. The Balaban J connectivity index is 1.43. The number of nitrogens with one attached hydrogen (secondary N) is 1. The van der Waals surface area contributed by atoms with Gasteiger partial charge in [-0.3, -0.25) is 9.36 Å². The lowest BCUT2D eigenvalue weighted by Gasteiger charge is -2.35. The van der Waals surface area contributed by atoms with Gasteiger partial charge >= 0.3 is 0 Å². The monoisotopic (exact) mass is 447 g/mol. The summed E-state index contributed by atoms with van der Waals surface area (Å²) >= 11 is 0. The molecule has 1 aromatic heterocycles. The van der Waals surface area contributed by atoms with E-state index in [1.165, 1.54) is 0 Å². The Morgan fingerprint density at radius 2 is 1.74 bits per heavy atom. The number of fused-ring (bicyclic) bond motifs is 3. The maximum Gasteiger partial charge on any atom is 0.209 e. The van der Waals surface area contributed by atoms with E-state index in [9.17, 15) is 4.79 Å². The molecule has 0 bridgehead atoms. The molecule has 6 rings (SSSR count). The predicted molar refractivity (Wildman–Crippen MR) is 135 cm³/mol. The molecule has 5 heteroatoms. The van der Waals surface area contributed by atoms with E-state index in [1.54, 1.807) is 7.11 Å². The molecular formula is C29H25N3O2. The topological polar surface area (TPSA) is 56.1 Å². The molecule has 0 fully saturated rings. The Hall–Kier alpha value is -4.12. The van der Waals surface area contributed by atoms with E-state index in [2.05, 4.69) is 52.4 Å². The molecule has 1 N–H and O–H groups in total. The molecule has 0 radical (unpaired) electrons. The van der Waals surface area contributed by atoms with Crippen molar-refractivity contribution in [2.75, 3.05) is 12.4 Å². The van der Waals surface area contributed by atoms with Crippen LogP contribution in [-0.2, 0) is 4.79 Å². The number of Topliss-reactive ketones (excluding diaryl/α,β-unsaturated/α-hetero) is 1. The molecule has 0 unspecified atom stereocenters. The fraction of sp³-hybridized carbons (Fsp3) is 0.172. The zero-order chi connectivity index (χ0) is 23.1. The normalized spacial score (nSPS) is 19.7. The van der Waals surface area contributed by atoms with Crippen LogP contribution in [0.3, 0.4) is 0 Å². The summed E-state index contributed by atoms with van der Waals surface area (Å²) in [4.78, 5) is 18.5. The first kappa shape index (κ1) is 20.5. The summed E-state index contributed by atoms with van der Waals surface area (Å²) in [6.45, 7) is 0. The van der Waals surface area contributed by atoms with Crippen molar-refractivity contribution in [3.05, 3.63) is 107 Å². The number of ketones is 1. The summed E-state index contributed by atoms with van der Waals surface area (Å²) in [7, 11) is 1.66. The number of anilines is 1. The fourth-order valence-corrected chi connectivity index (χ4v) is 5.13. The van der Waals surface area contributed by atoms with Crippen molar-refractivity contribution in [1.82, 2.24) is 9.55 Å². The number of aromatic nitrogens is 2. The van der Waals surface area contributed by atoms with Gasteiger partial charge in [-0.2, -0.15) is 0 Å². The average molecular weight is 448 g/mol. The summed E-state index contributed by atoms with van der Waals surface area (Å²) in [5, 5.41) is 3.52. The molecule has 1 aliphatic heterocycles. The van der Waals surface area contributed by atoms with Crippen LogP contribution in [0.2, 0.25) is 0 Å². The summed E-state index contributed by atoms with van der Waals surface area (Å²) in [5.41, 5.74) is 6.01. The number of carbonyl (C=O) groups excluding carboxylic acids is 1. The molecule has 168 valence electrons. The number of benzene rings is 3. The zero-order valence-electron chi connectivity index (χ0n) is 18.9. The van der Waals surface area contributed by atoms with E-state index in [0.29, 0.717) is 6.42 Å². The van der Waals surface area contributed by atoms with E-state index in [1.807, 2.05) is 48.5 Å². The van der Waals surface area contributed by atoms with Gasteiger partial charge in [0.2, 0.25) is 5.95 Å². The largest absolute Gasteiger partial charge is 0.497 e. The first-order valence-corrected chi connectivity index (χ1v) is 11.6. The van der Waals surface area contributed by atoms with Crippen LogP contribution in [0, 0.1) is 0 Å². The van der Waals surface area contributed by atoms with E-state index in [4.69, 9.17) is 9.72 Å². The van der Waals surface area contributed by atoms with Gasteiger partial charge in [-0.05, 0) is 47.7 Å². The van der Waals surface area contributed by atoms with E-state index in [0.717, 1.165) is 51.5 Å². The molecular weight excluding hydrogens is 422 g/mol.